The third-order valence-corrected chi connectivity index (χ3v) is 3.20. The zero-order chi connectivity index (χ0) is 17.2. The molecule has 0 radical (unpaired) electrons. The van der Waals surface area contributed by atoms with Crippen LogP contribution >= 0.6 is 0 Å². The van der Waals surface area contributed by atoms with E-state index in [0.717, 1.165) is 17.9 Å². The normalized spacial score (nSPS) is 11.2. The van der Waals surface area contributed by atoms with Gasteiger partial charge in [-0.3, -0.25) is 4.79 Å². The molecule has 0 atom stereocenters. The largest absolute Gasteiger partial charge is 0.463 e. The van der Waals surface area contributed by atoms with Gasteiger partial charge in [-0.25, -0.2) is 0 Å². The summed E-state index contributed by atoms with van der Waals surface area (Å²) in [5.41, 5.74) is -0.717. The van der Waals surface area contributed by atoms with Crippen molar-refractivity contribution in [2.24, 2.45) is 0 Å². The third-order valence-electron chi connectivity index (χ3n) is 3.20. The van der Waals surface area contributed by atoms with E-state index in [1.807, 2.05) is 0 Å². The first-order valence-corrected chi connectivity index (χ1v) is 6.85. The number of rotatable bonds is 3. The lowest BCUT2D eigenvalue weighted by Gasteiger charge is -2.13. The summed E-state index contributed by atoms with van der Waals surface area (Å²) in [6.07, 6.45) is -0.582. The van der Waals surface area contributed by atoms with Crippen molar-refractivity contribution in [1.29, 1.82) is 0 Å². The molecule has 0 aliphatic carbocycles. The molecule has 5 heteroatoms. The summed E-state index contributed by atoms with van der Waals surface area (Å²) >= 11 is 0. The molecule has 0 aliphatic heterocycles. The van der Waals surface area contributed by atoms with Gasteiger partial charge in [-0.1, -0.05) is 30.4 Å². The molecule has 0 amide bonds. The lowest BCUT2D eigenvalue weighted by molar-refractivity contribution is -0.137. The topological polar surface area (TPSA) is 30.2 Å². The van der Waals surface area contributed by atoms with Gasteiger partial charge in [0.1, 0.15) is 12.0 Å². The van der Waals surface area contributed by atoms with Crippen molar-refractivity contribution in [3.8, 4) is 11.1 Å². The van der Waals surface area contributed by atoms with Crippen molar-refractivity contribution in [2.75, 3.05) is 0 Å². The monoisotopic (exact) mass is 320 g/mol. The van der Waals surface area contributed by atoms with Gasteiger partial charge in [0.25, 0.3) is 0 Å². The minimum atomic E-state index is -4.56. The molecule has 0 fully saturated rings. The molecule has 0 saturated heterocycles. The molecular formula is C18H15F3O2. The van der Waals surface area contributed by atoms with Crippen molar-refractivity contribution >= 4 is 12.2 Å². The van der Waals surface area contributed by atoms with E-state index in [1.54, 1.807) is 19.9 Å². The van der Waals surface area contributed by atoms with Crippen LogP contribution in [0.1, 0.15) is 30.7 Å². The Kier molecular flexibility index (Phi) is 4.59. The lowest BCUT2D eigenvalue weighted by Crippen LogP contribution is -2.14. The first-order valence-electron chi connectivity index (χ1n) is 6.85. The SMILES string of the molecule is C=Cc1occ(-c2ccccc2C(F)(F)F)c(=O)c1C=C(C)C. The summed E-state index contributed by atoms with van der Waals surface area (Å²) in [6, 6.07) is 4.93. The zero-order valence-electron chi connectivity index (χ0n) is 12.7. The van der Waals surface area contributed by atoms with E-state index in [4.69, 9.17) is 4.42 Å². The summed E-state index contributed by atoms with van der Waals surface area (Å²) in [5, 5.41) is 0. The van der Waals surface area contributed by atoms with Gasteiger partial charge < -0.3 is 4.42 Å². The highest BCUT2D eigenvalue weighted by Gasteiger charge is 2.34. The van der Waals surface area contributed by atoms with Crippen LogP contribution in [-0.4, -0.2) is 0 Å². The van der Waals surface area contributed by atoms with E-state index in [0.29, 0.717) is 0 Å². The van der Waals surface area contributed by atoms with E-state index < -0.39 is 17.2 Å². The van der Waals surface area contributed by atoms with Gasteiger partial charge in [-0.2, -0.15) is 13.2 Å². The molecule has 0 unspecified atom stereocenters. The number of benzene rings is 1. The smallest absolute Gasteiger partial charge is 0.417 e. The third kappa shape index (κ3) is 3.44. The Morgan fingerprint density at radius 1 is 1.17 bits per heavy atom. The second-order valence-corrected chi connectivity index (χ2v) is 5.23. The molecule has 0 spiro atoms. The van der Waals surface area contributed by atoms with Crippen molar-refractivity contribution < 1.29 is 17.6 Å². The number of hydrogen-bond acceptors (Lipinski definition) is 2. The maximum Gasteiger partial charge on any atom is 0.417 e. The van der Waals surface area contributed by atoms with Gasteiger partial charge in [0.05, 0.1) is 16.7 Å². The molecule has 1 aromatic carbocycles. The van der Waals surface area contributed by atoms with Crippen LogP contribution in [0.3, 0.4) is 0 Å². The van der Waals surface area contributed by atoms with Gasteiger partial charge in [0.2, 0.25) is 5.43 Å². The fraction of sp³-hybridized carbons (Fsp3) is 0.167. The van der Waals surface area contributed by atoms with E-state index in [9.17, 15) is 18.0 Å². The highest BCUT2D eigenvalue weighted by Crippen LogP contribution is 2.36. The van der Waals surface area contributed by atoms with Crippen LogP contribution in [-0.2, 0) is 6.18 Å². The van der Waals surface area contributed by atoms with E-state index in [1.165, 1.54) is 24.3 Å². The second-order valence-electron chi connectivity index (χ2n) is 5.23. The van der Waals surface area contributed by atoms with Crippen LogP contribution in [0, 0.1) is 0 Å². The lowest BCUT2D eigenvalue weighted by atomic mass is 9.98. The molecule has 2 aromatic rings. The Morgan fingerprint density at radius 2 is 1.83 bits per heavy atom. The Hall–Kier alpha value is -2.56. The molecule has 0 aliphatic rings. The van der Waals surface area contributed by atoms with Gasteiger partial charge in [0, 0.05) is 5.56 Å². The summed E-state index contributed by atoms with van der Waals surface area (Å²) in [5.74, 6) is 0.226. The van der Waals surface area contributed by atoms with Crippen LogP contribution in [0.25, 0.3) is 23.3 Å². The molecule has 1 aromatic heterocycles. The fourth-order valence-corrected chi connectivity index (χ4v) is 2.23. The molecule has 0 bridgehead atoms. The number of alkyl halides is 3. The average molecular weight is 320 g/mol. The van der Waals surface area contributed by atoms with Crippen molar-refractivity contribution in [2.45, 2.75) is 20.0 Å². The molecule has 0 saturated carbocycles. The summed E-state index contributed by atoms with van der Waals surface area (Å²) in [6.45, 7) is 7.12. The van der Waals surface area contributed by atoms with Gasteiger partial charge in [-0.15, -0.1) is 0 Å². The quantitative estimate of drug-likeness (QED) is 0.759. The predicted molar refractivity (Wildman–Crippen MR) is 84.8 cm³/mol. The molecule has 0 N–H and O–H groups in total. The summed E-state index contributed by atoms with van der Waals surface area (Å²) < 4.78 is 44.8. The van der Waals surface area contributed by atoms with E-state index in [2.05, 4.69) is 6.58 Å². The molecular weight excluding hydrogens is 305 g/mol. The maximum atomic E-state index is 13.2. The van der Waals surface area contributed by atoms with Crippen molar-refractivity contribution in [3.05, 3.63) is 69.8 Å². The molecule has 2 nitrogen and oxygen atoms in total. The molecule has 23 heavy (non-hydrogen) atoms. The maximum absolute atomic E-state index is 13.2. The summed E-state index contributed by atoms with van der Waals surface area (Å²) in [4.78, 5) is 12.6. The Balaban J connectivity index is 2.80. The minimum absolute atomic E-state index is 0.129. The average Bonchev–Trinajstić information content (AvgIpc) is 2.48. The van der Waals surface area contributed by atoms with Gasteiger partial charge in [-0.05, 0) is 32.1 Å². The Bertz CT molecular complexity index is 823. The minimum Gasteiger partial charge on any atom is -0.463 e. The Morgan fingerprint density at radius 3 is 2.39 bits per heavy atom. The van der Waals surface area contributed by atoms with Crippen LogP contribution in [0.5, 0.6) is 0 Å². The van der Waals surface area contributed by atoms with Crippen LogP contribution in [0.15, 0.2) is 51.9 Å². The number of halogens is 3. The molecule has 1 heterocycles. The Labute approximate surface area is 131 Å². The standard InChI is InChI=1S/C18H15F3O2/c1-4-16-13(9-11(2)3)17(22)14(10-23-16)12-7-5-6-8-15(12)18(19,20)21/h4-10H,1H2,2-3H3. The first kappa shape index (κ1) is 16.8. The molecule has 2 rings (SSSR count). The van der Waals surface area contributed by atoms with Crippen LogP contribution in [0.4, 0.5) is 13.2 Å². The zero-order valence-corrected chi connectivity index (χ0v) is 12.7. The van der Waals surface area contributed by atoms with E-state index in [-0.39, 0.29) is 22.5 Å². The number of allylic oxidation sites excluding steroid dienone is 1. The van der Waals surface area contributed by atoms with Crippen LogP contribution in [0.2, 0.25) is 0 Å². The highest BCUT2D eigenvalue weighted by molar-refractivity contribution is 5.72. The second kappa shape index (κ2) is 6.28. The highest BCUT2D eigenvalue weighted by atomic mass is 19.4. The van der Waals surface area contributed by atoms with Gasteiger partial charge in [0.15, 0.2) is 0 Å². The van der Waals surface area contributed by atoms with Crippen LogP contribution < -0.4 is 5.43 Å². The molecule has 120 valence electrons. The first-order chi connectivity index (χ1) is 10.8. The fourth-order valence-electron chi connectivity index (χ4n) is 2.23. The van der Waals surface area contributed by atoms with Crippen molar-refractivity contribution in [1.82, 2.24) is 0 Å². The van der Waals surface area contributed by atoms with Gasteiger partial charge >= 0.3 is 6.18 Å². The van der Waals surface area contributed by atoms with Crippen molar-refractivity contribution in [3.63, 3.8) is 0 Å². The summed E-state index contributed by atoms with van der Waals surface area (Å²) in [7, 11) is 0. The van der Waals surface area contributed by atoms with E-state index >= 15 is 0 Å². The number of hydrogen-bond donors (Lipinski definition) is 0. The predicted octanol–water partition coefficient (Wildman–Crippen LogP) is 5.39.